The molecule has 1 fully saturated rings. The van der Waals surface area contributed by atoms with E-state index < -0.39 is 0 Å². The third-order valence-electron chi connectivity index (χ3n) is 5.23. The molecule has 4 rings (SSSR count). The number of anilines is 1. The zero-order valence-electron chi connectivity index (χ0n) is 14.7. The molecule has 3 unspecified atom stereocenters. The smallest absolute Gasteiger partial charge is 0.119 e. The lowest BCUT2D eigenvalue weighted by Gasteiger charge is -2.43. The van der Waals surface area contributed by atoms with Crippen molar-refractivity contribution >= 4 is 5.69 Å². The minimum Gasteiger partial charge on any atom is -0.490 e. The van der Waals surface area contributed by atoms with E-state index >= 15 is 0 Å². The maximum atomic E-state index is 6.22. The molecule has 0 bridgehead atoms. The van der Waals surface area contributed by atoms with Crippen molar-refractivity contribution in [1.29, 1.82) is 0 Å². The predicted molar refractivity (Wildman–Crippen MR) is 101 cm³/mol. The summed E-state index contributed by atoms with van der Waals surface area (Å²) >= 11 is 0. The molecule has 3 nitrogen and oxygen atoms in total. The molecule has 3 heteroatoms. The molecule has 2 heterocycles. The normalized spacial score (nSPS) is 24.6. The number of fused-ring (bicyclic) bond motifs is 3. The molecule has 0 aliphatic carbocycles. The highest BCUT2D eigenvalue weighted by atomic mass is 16.5. The van der Waals surface area contributed by atoms with Crippen molar-refractivity contribution in [3.8, 4) is 5.75 Å². The van der Waals surface area contributed by atoms with E-state index in [4.69, 9.17) is 9.47 Å². The van der Waals surface area contributed by atoms with Gasteiger partial charge in [0, 0.05) is 23.8 Å². The van der Waals surface area contributed by atoms with Crippen molar-refractivity contribution in [1.82, 2.24) is 0 Å². The van der Waals surface area contributed by atoms with Gasteiger partial charge in [-0.25, -0.2) is 0 Å². The van der Waals surface area contributed by atoms with Crippen LogP contribution >= 0.6 is 0 Å². The molecule has 25 heavy (non-hydrogen) atoms. The Kier molecular flexibility index (Phi) is 4.50. The lowest BCUT2D eigenvalue weighted by Crippen LogP contribution is -2.36. The van der Waals surface area contributed by atoms with Gasteiger partial charge in [-0.1, -0.05) is 42.5 Å². The van der Waals surface area contributed by atoms with E-state index in [0.717, 1.165) is 18.8 Å². The van der Waals surface area contributed by atoms with E-state index in [0.29, 0.717) is 12.5 Å². The van der Waals surface area contributed by atoms with Crippen molar-refractivity contribution < 1.29 is 9.47 Å². The Balaban J connectivity index is 1.65. The summed E-state index contributed by atoms with van der Waals surface area (Å²) in [5, 5.41) is 3.77. The highest BCUT2D eigenvalue weighted by Gasteiger charge is 2.39. The van der Waals surface area contributed by atoms with Crippen LogP contribution in [0.15, 0.2) is 55.1 Å². The molecule has 2 aliphatic heterocycles. The van der Waals surface area contributed by atoms with Crippen LogP contribution < -0.4 is 10.1 Å². The fraction of sp³-hybridized carbons (Fsp3) is 0.364. The Morgan fingerprint density at radius 3 is 2.88 bits per heavy atom. The van der Waals surface area contributed by atoms with Gasteiger partial charge in [0.1, 0.15) is 12.4 Å². The minimum atomic E-state index is 0.187. The largest absolute Gasteiger partial charge is 0.490 e. The number of hydrogen-bond donors (Lipinski definition) is 1. The van der Waals surface area contributed by atoms with Crippen molar-refractivity contribution in [3.63, 3.8) is 0 Å². The van der Waals surface area contributed by atoms with E-state index in [-0.39, 0.29) is 12.1 Å². The maximum Gasteiger partial charge on any atom is 0.119 e. The first-order chi connectivity index (χ1) is 12.3. The van der Waals surface area contributed by atoms with E-state index in [1.165, 1.54) is 28.8 Å². The van der Waals surface area contributed by atoms with Crippen molar-refractivity contribution in [2.24, 2.45) is 5.92 Å². The molecule has 130 valence electrons. The first-order valence-electron chi connectivity index (χ1n) is 9.08. The van der Waals surface area contributed by atoms with Gasteiger partial charge in [-0.15, -0.1) is 0 Å². The van der Waals surface area contributed by atoms with E-state index in [2.05, 4.69) is 49.2 Å². The van der Waals surface area contributed by atoms with Gasteiger partial charge in [-0.3, -0.25) is 0 Å². The van der Waals surface area contributed by atoms with Crippen molar-refractivity contribution in [3.05, 3.63) is 71.8 Å². The van der Waals surface area contributed by atoms with Crippen molar-refractivity contribution in [2.45, 2.75) is 31.9 Å². The molecule has 1 saturated heterocycles. The molecule has 0 saturated carbocycles. The molecule has 2 aromatic rings. The van der Waals surface area contributed by atoms with E-state index in [1.54, 1.807) is 6.08 Å². The molecule has 3 atom stereocenters. The highest BCUT2D eigenvalue weighted by Crippen LogP contribution is 2.49. The lowest BCUT2D eigenvalue weighted by atomic mass is 9.77. The Morgan fingerprint density at radius 1 is 1.24 bits per heavy atom. The molecule has 0 aromatic heterocycles. The van der Waals surface area contributed by atoms with Gasteiger partial charge < -0.3 is 14.8 Å². The summed E-state index contributed by atoms with van der Waals surface area (Å²) in [5.74, 6) is 1.34. The first-order valence-corrected chi connectivity index (χ1v) is 9.08. The third kappa shape index (κ3) is 3.16. The summed E-state index contributed by atoms with van der Waals surface area (Å²) < 4.78 is 11.8. The Bertz CT molecular complexity index is 753. The summed E-state index contributed by atoms with van der Waals surface area (Å²) in [6.45, 7) is 7.23. The number of benzene rings is 2. The quantitative estimate of drug-likeness (QED) is 0.780. The highest BCUT2D eigenvalue weighted by molar-refractivity contribution is 5.58. The van der Waals surface area contributed by atoms with Gasteiger partial charge in [0.2, 0.25) is 0 Å². The van der Waals surface area contributed by atoms with Gasteiger partial charge in [-0.05, 0) is 43.5 Å². The summed E-state index contributed by atoms with van der Waals surface area (Å²) in [7, 11) is 0. The Morgan fingerprint density at radius 2 is 2.08 bits per heavy atom. The van der Waals surface area contributed by atoms with Crippen LogP contribution in [0.4, 0.5) is 5.69 Å². The summed E-state index contributed by atoms with van der Waals surface area (Å²) in [6, 6.07) is 15.3. The van der Waals surface area contributed by atoms with Crippen molar-refractivity contribution in [2.75, 3.05) is 18.5 Å². The second-order valence-corrected chi connectivity index (χ2v) is 6.98. The second-order valence-electron chi connectivity index (χ2n) is 6.98. The zero-order valence-corrected chi connectivity index (χ0v) is 14.7. The number of ether oxygens (including phenoxy) is 2. The summed E-state index contributed by atoms with van der Waals surface area (Å²) in [5.41, 5.74) is 5.09. The molecule has 0 spiro atoms. The zero-order chi connectivity index (χ0) is 17.2. The number of hydrogen-bond acceptors (Lipinski definition) is 3. The maximum absolute atomic E-state index is 6.22. The second kappa shape index (κ2) is 6.93. The number of nitrogens with one attached hydrogen (secondary N) is 1. The molecular weight excluding hydrogens is 310 g/mol. The molecule has 2 aromatic carbocycles. The van der Waals surface area contributed by atoms with Crippen LogP contribution in [0.1, 0.15) is 41.7 Å². The van der Waals surface area contributed by atoms with Gasteiger partial charge in [-0.2, -0.15) is 0 Å². The van der Waals surface area contributed by atoms with Crippen LogP contribution in [0.25, 0.3) is 0 Å². The van der Waals surface area contributed by atoms with Crippen LogP contribution in [0, 0.1) is 12.8 Å². The summed E-state index contributed by atoms with van der Waals surface area (Å²) in [6.07, 6.45) is 4.26. The average molecular weight is 335 g/mol. The van der Waals surface area contributed by atoms with E-state index in [9.17, 15) is 0 Å². The third-order valence-corrected chi connectivity index (χ3v) is 5.23. The summed E-state index contributed by atoms with van der Waals surface area (Å²) in [4.78, 5) is 0. The molecular formula is C22H25NO2. The van der Waals surface area contributed by atoms with Gasteiger partial charge in [0.15, 0.2) is 0 Å². The van der Waals surface area contributed by atoms with Crippen LogP contribution in [-0.2, 0) is 4.74 Å². The monoisotopic (exact) mass is 335 g/mol. The van der Waals surface area contributed by atoms with Crippen LogP contribution in [0.2, 0.25) is 0 Å². The van der Waals surface area contributed by atoms with Gasteiger partial charge >= 0.3 is 0 Å². The fourth-order valence-electron chi connectivity index (χ4n) is 4.05. The first kappa shape index (κ1) is 16.2. The fourth-order valence-corrected chi connectivity index (χ4v) is 4.05. The number of rotatable bonds is 4. The predicted octanol–water partition coefficient (Wildman–Crippen LogP) is 5.19. The average Bonchev–Trinajstić information content (AvgIpc) is 2.66. The van der Waals surface area contributed by atoms with E-state index in [1.807, 2.05) is 12.1 Å². The standard InChI is InChI=1S/C22H25NO2/c1-3-12-24-17-9-7-16(8-10-17)21-18-5-4-13-25-22(18)19-14-15(2)6-11-20(19)23-21/h3,6-11,14,18,21-23H,1,4-5,12-13H2,2H3. The Labute approximate surface area is 149 Å². The van der Waals surface area contributed by atoms with Gasteiger partial charge in [0.05, 0.1) is 12.1 Å². The lowest BCUT2D eigenvalue weighted by molar-refractivity contribution is -0.0381. The SMILES string of the molecule is C=CCOc1ccc(C2Nc3ccc(C)cc3C3OCCCC23)cc1. The Hall–Kier alpha value is -2.26. The van der Waals surface area contributed by atoms with Gasteiger partial charge in [0.25, 0.3) is 0 Å². The molecule has 1 N–H and O–H groups in total. The number of aryl methyl sites for hydroxylation is 1. The van der Waals surface area contributed by atoms with Crippen LogP contribution in [0.5, 0.6) is 5.75 Å². The molecule has 2 aliphatic rings. The topological polar surface area (TPSA) is 30.5 Å². The minimum absolute atomic E-state index is 0.187. The van der Waals surface area contributed by atoms with Crippen LogP contribution in [0.3, 0.4) is 0 Å². The molecule has 0 amide bonds. The molecule has 0 radical (unpaired) electrons. The van der Waals surface area contributed by atoms with Crippen LogP contribution in [-0.4, -0.2) is 13.2 Å².